The SMILES string of the molecule is O=C(Nc1ccc(-n2cccn2)nc1)C1(c2ccc(F)cc2)CC1. The summed E-state index contributed by atoms with van der Waals surface area (Å²) in [5, 5.41) is 7.01. The molecule has 2 heterocycles. The minimum atomic E-state index is -0.547. The molecule has 2 aromatic heterocycles. The van der Waals surface area contributed by atoms with Gasteiger partial charge < -0.3 is 5.32 Å². The molecule has 0 unspecified atom stereocenters. The Bertz CT molecular complexity index is 853. The quantitative estimate of drug-likeness (QED) is 0.803. The minimum Gasteiger partial charge on any atom is -0.324 e. The van der Waals surface area contributed by atoms with Gasteiger partial charge in [0, 0.05) is 12.4 Å². The number of halogens is 1. The Balaban J connectivity index is 1.51. The number of aromatic nitrogens is 3. The van der Waals surface area contributed by atoms with E-state index in [0.29, 0.717) is 11.5 Å². The van der Waals surface area contributed by atoms with Crippen molar-refractivity contribution in [2.45, 2.75) is 18.3 Å². The first-order valence-electron chi connectivity index (χ1n) is 7.71. The average Bonchev–Trinajstić information content (AvgIpc) is 3.23. The third-order valence-electron chi connectivity index (χ3n) is 4.33. The maximum atomic E-state index is 13.1. The molecular formula is C18H15FN4O. The first-order chi connectivity index (χ1) is 11.7. The van der Waals surface area contributed by atoms with Crippen molar-refractivity contribution in [3.05, 3.63) is 72.4 Å². The number of hydrogen-bond donors (Lipinski definition) is 1. The highest BCUT2D eigenvalue weighted by Gasteiger charge is 2.51. The number of nitrogens with one attached hydrogen (secondary N) is 1. The zero-order valence-electron chi connectivity index (χ0n) is 12.8. The Labute approximate surface area is 138 Å². The number of rotatable bonds is 4. The maximum absolute atomic E-state index is 13.1. The lowest BCUT2D eigenvalue weighted by Gasteiger charge is -2.16. The highest BCUT2D eigenvalue weighted by molar-refractivity contribution is 6.01. The van der Waals surface area contributed by atoms with Crippen LogP contribution in [0.25, 0.3) is 5.82 Å². The molecule has 24 heavy (non-hydrogen) atoms. The van der Waals surface area contributed by atoms with Crippen LogP contribution in [0, 0.1) is 5.82 Å². The van der Waals surface area contributed by atoms with Crippen molar-refractivity contribution in [2.75, 3.05) is 5.32 Å². The molecule has 6 heteroatoms. The molecule has 1 saturated carbocycles. The van der Waals surface area contributed by atoms with Gasteiger partial charge >= 0.3 is 0 Å². The van der Waals surface area contributed by atoms with Crippen molar-refractivity contribution < 1.29 is 9.18 Å². The van der Waals surface area contributed by atoms with Crippen LogP contribution in [0.5, 0.6) is 0 Å². The summed E-state index contributed by atoms with van der Waals surface area (Å²) in [6.07, 6.45) is 6.62. The molecule has 1 aliphatic rings. The van der Waals surface area contributed by atoms with Crippen LogP contribution in [0.15, 0.2) is 61.1 Å². The van der Waals surface area contributed by atoms with Crippen molar-refractivity contribution >= 4 is 11.6 Å². The lowest BCUT2D eigenvalue weighted by atomic mass is 9.95. The van der Waals surface area contributed by atoms with E-state index in [2.05, 4.69) is 15.4 Å². The highest BCUT2D eigenvalue weighted by Crippen LogP contribution is 2.49. The van der Waals surface area contributed by atoms with Gasteiger partial charge in [-0.25, -0.2) is 14.1 Å². The van der Waals surface area contributed by atoms with Gasteiger partial charge in [0.25, 0.3) is 0 Å². The van der Waals surface area contributed by atoms with Crippen LogP contribution in [0.3, 0.4) is 0 Å². The monoisotopic (exact) mass is 322 g/mol. The number of anilines is 1. The zero-order chi connectivity index (χ0) is 16.6. The second-order valence-corrected chi connectivity index (χ2v) is 5.90. The zero-order valence-corrected chi connectivity index (χ0v) is 12.8. The maximum Gasteiger partial charge on any atom is 0.235 e. The number of amides is 1. The summed E-state index contributed by atoms with van der Waals surface area (Å²) in [5.74, 6) is 0.300. The van der Waals surface area contributed by atoms with Crippen LogP contribution in [0.4, 0.5) is 10.1 Å². The molecule has 0 atom stereocenters. The fourth-order valence-electron chi connectivity index (χ4n) is 2.79. The molecule has 1 N–H and O–H groups in total. The van der Waals surface area contributed by atoms with Gasteiger partial charge in [-0.05, 0) is 48.7 Å². The third-order valence-corrected chi connectivity index (χ3v) is 4.33. The lowest BCUT2D eigenvalue weighted by Crippen LogP contribution is -2.27. The van der Waals surface area contributed by atoms with Gasteiger partial charge in [0.1, 0.15) is 5.82 Å². The molecule has 5 nitrogen and oxygen atoms in total. The number of carbonyl (C=O) groups excluding carboxylic acids is 1. The summed E-state index contributed by atoms with van der Waals surface area (Å²) in [6.45, 7) is 0. The van der Waals surface area contributed by atoms with Crippen molar-refractivity contribution in [3.63, 3.8) is 0 Å². The molecule has 1 amide bonds. The highest BCUT2D eigenvalue weighted by atomic mass is 19.1. The van der Waals surface area contributed by atoms with Gasteiger partial charge in [0.15, 0.2) is 5.82 Å². The predicted octanol–water partition coefficient (Wildman–Crippen LogP) is 3.08. The first kappa shape index (κ1) is 14.6. The smallest absolute Gasteiger partial charge is 0.235 e. The van der Waals surface area contributed by atoms with E-state index in [4.69, 9.17) is 0 Å². The molecule has 0 aliphatic heterocycles. The molecule has 0 saturated heterocycles. The largest absolute Gasteiger partial charge is 0.324 e. The Kier molecular flexibility index (Phi) is 3.37. The van der Waals surface area contributed by atoms with E-state index >= 15 is 0 Å². The molecule has 0 spiro atoms. The second kappa shape index (κ2) is 5.56. The number of pyridine rings is 1. The van der Waals surface area contributed by atoms with Crippen LogP contribution >= 0.6 is 0 Å². The van der Waals surface area contributed by atoms with Gasteiger partial charge in [-0.15, -0.1) is 0 Å². The minimum absolute atomic E-state index is 0.0808. The molecule has 0 radical (unpaired) electrons. The molecule has 4 rings (SSSR count). The van der Waals surface area contributed by atoms with E-state index in [0.717, 1.165) is 18.4 Å². The number of benzene rings is 1. The van der Waals surface area contributed by atoms with Gasteiger partial charge in [-0.2, -0.15) is 5.10 Å². The molecule has 1 aliphatic carbocycles. The fourth-order valence-corrected chi connectivity index (χ4v) is 2.79. The Morgan fingerprint density at radius 3 is 2.54 bits per heavy atom. The van der Waals surface area contributed by atoms with E-state index in [1.165, 1.54) is 12.1 Å². The second-order valence-electron chi connectivity index (χ2n) is 5.90. The standard InChI is InChI=1S/C18H15FN4O/c19-14-4-2-13(3-5-14)18(8-9-18)17(24)22-15-6-7-16(20-12-15)23-11-1-10-21-23/h1-7,10-12H,8-9H2,(H,22,24). The summed E-state index contributed by atoms with van der Waals surface area (Å²) < 4.78 is 14.7. The molecule has 1 fully saturated rings. The van der Waals surface area contributed by atoms with Gasteiger partial charge in [0.2, 0.25) is 5.91 Å². The molecule has 1 aromatic carbocycles. The van der Waals surface area contributed by atoms with E-state index in [1.54, 1.807) is 47.5 Å². The van der Waals surface area contributed by atoms with Crippen molar-refractivity contribution in [1.29, 1.82) is 0 Å². The van der Waals surface area contributed by atoms with E-state index in [-0.39, 0.29) is 11.7 Å². The van der Waals surface area contributed by atoms with Gasteiger partial charge in [-0.1, -0.05) is 12.1 Å². The van der Waals surface area contributed by atoms with Gasteiger partial charge in [0.05, 0.1) is 17.3 Å². The molecule has 3 aromatic rings. The predicted molar refractivity (Wildman–Crippen MR) is 87.3 cm³/mol. The first-order valence-corrected chi connectivity index (χ1v) is 7.71. The van der Waals surface area contributed by atoms with E-state index < -0.39 is 5.41 Å². The van der Waals surface area contributed by atoms with E-state index in [1.807, 2.05) is 6.07 Å². The summed E-state index contributed by atoms with van der Waals surface area (Å²) in [4.78, 5) is 16.9. The van der Waals surface area contributed by atoms with Crippen LogP contribution < -0.4 is 5.32 Å². The normalized spacial score (nSPS) is 15.0. The third kappa shape index (κ3) is 2.56. The Morgan fingerprint density at radius 2 is 1.96 bits per heavy atom. The summed E-state index contributed by atoms with van der Waals surface area (Å²) in [5.41, 5.74) is 0.931. The number of hydrogen-bond acceptors (Lipinski definition) is 3. The summed E-state index contributed by atoms with van der Waals surface area (Å²) in [7, 11) is 0. The fraction of sp³-hybridized carbons (Fsp3) is 0.167. The van der Waals surface area contributed by atoms with Crippen molar-refractivity contribution in [3.8, 4) is 5.82 Å². The van der Waals surface area contributed by atoms with Gasteiger partial charge in [-0.3, -0.25) is 4.79 Å². The molecular weight excluding hydrogens is 307 g/mol. The van der Waals surface area contributed by atoms with E-state index in [9.17, 15) is 9.18 Å². The summed E-state index contributed by atoms with van der Waals surface area (Å²) >= 11 is 0. The Hall–Kier alpha value is -3.02. The van der Waals surface area contributed by atoms with Crippen LogP contribution in [0.1, 0.15) is 18.4 Å². The average molecular weight is 322 g/mol. The van der Waals surface area contributed by atoms with Crippen molar-refractivity contribution in [1.82, 2.24) is 14.8 Å². The Morgan fingerprint density at radius 1 is 1.17 bits per heavy atom. The summed E-state index contributed by atoms with van der Waals surface area (Å²) in [6, 6.07) is 11.5. The number of nitrogens with zero attached hydrogens (tertiary/aromatic N) is 3. The lowest BCUT2D eigenvalue weighted by molar-refractivity contribution is -0.118. The topological polar surface area (TPSA) is 59.8 Å². The number of carbonyl (C=O) groups is 1. The van der Waals surface area contributed by atoms with Crippen LogP contribution in [0.2, 0.25) is 0 Å². The van der Waals surface area contributed by atoms with Crippen molar-refractivity contribution in [2.24, 2.45) is 0 Å². The van der Waals surface area contributed by atoms with Crippen LogP contribution in [-0.2, 0) is 10.2 Å². The van der Waals surface area contributed by atoms with Crippen LogP contribution in [-0.4, -0.2) is 20.7 Å². The molecule has 0 bridgehead atoms. The molecule has 120 valence electrons.